The van der Waals surface area contributed by atoms with E-state index in [1.54, 1.807) is 47.1 Å². The van der Waals surface area contributed by atoms with E-state index >= 15 is 0 Å². The number of carbonyl (C=O) groups excluding carboxylic acids is 1. The van der Waals surface area contributed by atoms with Crippen molar-refractivity contribution >= 4 is 34.7 Å². The molecule has 9 heteroatoms. The van der Waals surface area contributed by atoms with Crippen LogP contribution in [0.3, 0.4) is 0 Å². The first kappa shape index (κ1) is 17.9. The van der Waals surface area contributed by atoms with Crippen molar-refractivity contribution in [3.8, 4) is 0 Å². The Morgan fingerprint density at radius 1 is 1.14 bits per heavy atom. The average molecular weight is 394 g/mol. The highest BCUT2D eigenvalue weighted by molar-refractivity contribution is 6.30. The molecule has 1 aromatic carbocycles. The summed E-state index contributed by atoms with van der Waals surface area (Å²) in [5.41, 5.74) is 1.86. The van der Waals surface area contributed by atoms with Gasteiger partial charge in [-0.25, -0.2) is 0 Å². The van der Waals surface area contributed by atoms with Crippen molar-refractivity contribution in [2.75, 3.05) is 5.32 Å². The molecule has 4 aromatic rings. The van der Waals surface area contributed by atoms with E-state index in [0.717, 1.165) is 5.69 Å². The molecule has 8 nitrogen and oxygen atoms in total. The summed E-state index contributed by atoms with van der Waals surface area (Å²) in [7, 11) is 0. The number of halogens is 1. The molecule has 3 heterocycles. The van der Waals surface area contributed by atoms with Crippen LogP contribution < -0.4 is 10.6 Å². The van der Waals surface area contributed by atoms with Crippen LogP contribution in [0.25, 0.3) is 5.65 Å². The molecule has 0 aliphatic rings. The second-order valence-corrected chi connectivity index (χ2v) is 6.56. The molecular formula is C19H16ClN7O. The number of benzene rings is 1. The fourth-order valence-electron chi connectivity index (χ4n) is 2.70. The molecule has 1 atom stereocenters. The fourth-order valence-corrected chi connectivity index (χ4v) is 2.89. The van der Waals surface area contributed by atoms with E-state index in [1.807, 2.05) is 19.1 Å². The molecular weight excluding hydrogens is 378 g/mol. The number of fused-ring (bicyclic) bond motifs is 1. The van der Waals surface area contributed by atoms with Crippen molar-refractivity contribution in [1.82, 2.24) is 30.1 Å². The lowest BCUT2D eigenvalue weighted by molar-refractivity contribution is 0.0937. The van der Waals surface area contributed by atoms with Gasteiger partial charge in [-0.1, -0.05) is 17.7 Å². The Morgan fingerprint density at radius 3 is 2.82 bits per heavy atom. The van der Waals surface area contributed by atoms with E-state index < -0.39 is 6.04 Å². The van der Waals surface area contributed by atoms with Gasteiger partial charge in [0.25, 0.3) is 5.91 Å². The fraction of sp³-hybridized carbons (Fsp3) is 0.105. The molecule has 1 amide bonds. The topological polar surface area (TPSA) is 97.1 Å². The van der Waals surface area contributed by atoms with Crippen molar-refractivity contribution in [3.63, 3.8) is 0 Å². The first-order valence-electron chi connectivity index (χ1n) is 8.56. The third kappa shape index (κ3) is 3.77. The van der Waals surface area contributed by atoms with Gasteiger partial charge in [-0.3, -0.25) is 9.78 Å². The summed E-state index contributed by atoms with van der Waals surface area (Å²) < 4.78 is 1.60. The van der Waals surface area contributed by atoms with Crippen LogP contribution in [0, 0.1) is 0 Å². The minimum Gasteiger partial charge on any atom is -0.342 e. The van der Waals surface area contributed by atoms with Gasteiger partial charge in [0.05, 0.1) is 11.6 Å². The van der Waals surface area contributed by atoms with Crippen molar-refractivity contribution < 1.29 is 4.79 Å². The minimum absolute atomic E-state index is 0.245. The lowest BCUT2D eigenvalue weighted by atomic mass is 10.2. The highest BCUT2D eigenvalue weighted by atomic mass is 35.5. The highest BCUT2D eigenvalue weighted by Crippen LogP contribution is 2.20. The van der Waals surface area contributed by atoms with Crippen molar-refractivity contribution in [2.24, 2.45) is 0 Å². The van der Waals surface area contributed by atoms with Crippen molar-refractivity contribution in [3.05, 3.63) is 77.3 Å². The van der Waals surface area contributed by atoms with Gasteiger partial charge >= 0.3 is 0 Å². The number of carbonyl (C=O) groups is 1. The quantitative estimate of drug-likeness (QED) is 0.539. The second kappa shape index (κ2) is 7.61. The molecule has 2 N–H and O–H groups in total. The van der Waals surface area contributed by atoms with Gasteiger partial charge in [0.1, 0.15) is 0 Å². The van der Waals surface area contributed by atoms with Crippen LogP contribution in [0.15, 0.2) is 60.9 Å². The lowest BCUT2D eigenvalue weighted by Gasteiger charge is -2.12. The summed E-state index contributed by atoms with van der Waals surface area (Å²) in [6.07, 6.45) is 3.12. The standard InChI is InChI=1S/C19H16ClN7O/c1-12(22-19(28)13-4-3-9-21-11-13)18-25-24-17-8-7-16(26-27(17)18)23-15-6-2-5-14(20)10-15/h2-12H,1H3,(H,22,28)(H,23,26)/t12-/m1/s1. The van der Waals surface area contributed by atoms with E-state index in [4.69, 9.17) is 11.6 Å². The largest absolute Gasteiger partial charge is 0.342 e. The van der Waals surface area contributed by atoms with E-state index in [-0.39, 0.29) is 5.91 Å². The zero-order chi connectivity index (χ0) is 19.5. The van der Waals surface area contributed by atoms with E-state index in [1.165, 1.54) is 6.20 Å². The summed E-state index contributed by atoms with van der Waals surface area (Å²) >= 11 is 6.02. The predicted octanol–water partition coefficient (Wildman–Crippen LogP) is 3.41. The van der Waals surface area contributed by atoms with Crippen molar-refractivity contribution in [2.45, 2.75) is 13.0 Å². The summed E-state index contributed by atoms with van der Waals surface area (Å²) in [6, 6.07) is 13.9. The van der Waals surface area contributed by atoms with Crippen LogP contribution in [0.2, 0.25) is 5.02 Å². The SMILES string of the molecule is C[C@@H](NC(=O)c1cccnc1)c1nnc2ccc(Nc3cccc(Cl)c3)nn12. The van der Waals surface area contributed by atoms with Gasteiger partial charge in [0.15, 0.2) is 17.3 Å². The number of nitrogens with zero attached hydrogens (tertiary/aromatic N) is 5. The number of nitrogens with one attached hydrogen (secondary N) is 2. The van der Waals surface area contributed by atoms with E-state index in [2.05, 4.69) is 30.9 Å². The Bertz CT molecular complexity index is 1130. The summed E-state index contributed by atoms with van der Waals surface area (Å²) in [5.74, 6) is 0.870. The van der Waals surface area contributed by atoms with Gasteiger partial charge in [-0.05, 0) is 49.4 Å². The zero-order valence-electron chi connectivity index (χ0n) is 14.9. The Kier molecular flexibility index (Phi) is 4.86. The summed E-state index contributed by atoms with van der Waals surface area (Å²) in [5, 5.41) is 19.5. The van der Waals surface area contributed by atoms with E-state index in [0.29, 0.717) is 27.9 Å². The number of hydrogen-bond donors (Lipinski definition) is 2. The van der Waals surface area contributed by atoms with Crippen LogP contribution in [-0.2, 0) is 0 Å². The third-order valence-corrected chi connectivity index (χ3v) is 4.28. The summed E-state index contributed by atoms with van der Waals surface area (Å²) in [6.45, 7) is 1.82. The predicted molar refractivity (Wildman–Crippen MR) is 106 cm³/mol. The van der Waals surface area contributed by atoms with Crippen LogP contribution >= 0.6 is 11.6 Å². The molecule has 28 heavy (non-hydrogen) atoms. The zero-order valence-corrected chi connectivity index (χ0v) is 15.6. The molecule has 3 aromatic heterocycles. The molecule has 0 fully saturated rings. The maximum Gasteiger partial charge on any atom is 0.253 e. The molecule has 0 aliphatic carbocycles. The molecule has 0 saturated heterocycles. The first-order chi connectivity index (χ1) is 13.6. The van der Waals surface area contributed by atoms with Crippen LogP contribution in [-0.4, -0.2) is 30.7 Å². The van der Waals surface area contributed by atoms with Crippen LogP contribution in [0.1, 0.15) is 29.1 Å². The number of anilines is 2. The Labute approximate surface area is 165 Å². The molecule has 0 radical (unpaired) electrons. The monoisotopic (exact) mass is 393 g/mol. The first-order valence-corrected chi connectivity index (χ1v) is 8.94. The summed E-state index contributed by atoms with van der Waals surface area (Å²) in [4.78, 5) is 16.3. The number of hydrogen-bond acceptors (Lipinski definition) is 6. The van der Waals surface area contributed by atoms with Gasteiger partial charge in [-0.15, -0.1) is 15.3 Å². The van der Waals surface area contributed by atoms with Gasteiger partial charge in [-0.2, -0.15) is 4.52 Å². The minimum atomic E-state index is -0.406. The average Bonchev–Trinajstić information content (AvgIpc) is 3.12. The molecule has 0 bridgehead atoms. The Morgan fingerprint density at radius 2 is 2.04 bits per heavy atom. The Hall–Kier alpha value is -3.52. The number of aromatic nitrogens is 5. The molecule has 0 aliphatic heterocycles. The van der Waals surface area contributed by atoms with Crippen LogP contribution in [0.5, 0.6) is 0 Å². The molecule has 0 saturated carbocycles. The Balaban J connectivity index is 1.58. The van der Waals surface area contributed by atoms with Crippen molar-refractivity contribution in [1.29, 1.82) is 0 Å². The van der Waals surface area contributed by atoms with Crippen LogP contribution in [0.4, 0.5) is 11.5 Å². The molecule has 0 spiro atoms. The molecule has 0 unspecified atom stereocenters. The maximum absolute atomic E-state index is 12.4. The molecule has 140 valence electrons. The number of rotatable bonds is 5. The van der Waals surface area contributed by atoms with Gasteiger partial charge in [0.2, 0.25) is 0 Å². The number of pyridine rings is 1. The lowest BCUT2D eigenvalue weighted by Crippen LogP contribution is -2.28. The second-order valence-electron chi connectivity index (χ2n) is 6.12. The van der Waals surface area contributed by atoms with Gasteiger partial charge in [0, 0.05) is 23.1 Å². The molecule has 4 rings (SSSR count). The highest BCUT2D eigenvalue weighted by Gasteiger charge is 2.18. The smallest absolute Gasteiger partial charge is 0.253 e. The normalized spacial score (nSPS) is 11.9. The number of amides is 1. The third-order valence-electron chi connectivity index (χ3n) is 4.04. The van der Waals surface area contributed by atoms with E-state index in [9.17, 15) is 4.79 Å². The maximum atomic E-state index is 12.4. The van der Waals surface area contributed by atoms with Gasteiger partial charge < -0.3 is 10.6 Å².